The van der Waals surface area contributed by atoms with Crippen LogP contribution in [0.1, 0.15) is 21.7 Å². The van der Waals surface area contributed by atoms with Gasteiger partial charge < -0.3 is 25.3 Å². The summed E-state index contributed by atoms with van der Waals surface area (Å²) in [6.07, 6.45) is 4.36. The van der Waals surface area contributed by atoms with Gasteiger partial charge in [0.1, 0.15) is 5.82 Å². The smallest absolute Gasteiger partial charge is 0.227 e. The SMILES string of the molecule is Cc1c(-c2ccnc(Nc3ccc(N4CCOCC4)nc3)n2)c(C)n(CCN)c1C=O. The molecule has 0 aromatic carbocycles. The molecule has 162 valence electrons. The van der Waals surface area contributed by atoms with E-state index >= 15 is 0 Å². The number of nitrogens with one attached hydrogen (secondary N) is 1. The number of carbonyl (C=O) groups excluding carboxylic acids is 1. The van der Waals surface area contributed by atoms with Gasteiger partial charge in [0.15, 0.2) is 6.29 Å². The van der Waals surface area contributed by atoms with Crippen molar-refractivity contribution in [1.82, 2.24) is 19.5 Å². The second-order valence-electron chi connectivity index (χ2n) is 7.42. The van der Waals surface area contributed by atoms with Gasteiger partial charge in [-0.3, -0.25) is 4.79 Å². The topological polar surface area (TPSA) is 111 Å². The largest absolute Gasteiger partial charge is 0.378 e. The Morgan fingerprint density at radius 1 is 1.19 bits per heavy atom. The number of pyridine rings is 1. The summed E-state index contributed by atoms with van der Waals surface area (Å²) in [6.45, 7) is 8.08. The van der Waals surface area contributed by atoms with Gasteiger partial charge in [0.25, 0.3) is 0 Å². The van der Waals surface area contributed by atoms with E-state index in [1.807, 2.05) is 36.6 Å². The van der Waals surface area contributed by atoms with Crippen LogP contribution >= 0.6 is 0 Å². The maximum atomic E-state index is 11.6. The molecular weight excluding hydrogens is 394 g/mol. The summed E-state index contributed by atoms with van der Waals surface area (Å²) in [5.74, 6) is 1.40. The highest BCUT2D eigenvalue weighted by molar-refractivity contribution is 5.83. The Morgan fingerprint density at radius 3 is 2.68 bits per heavy atom. The molecule has 1 fully saturated rings. The van der Waals surface area contributed by atoms with Crippen LogP contribution in [-0.4, -0.2) is 58.7 Å². The van der Waals surface area contributed by atoms with Crippen molar-refractivity contribution in [3.8, 4) is 11.3 Å². The number of aromatic nitrogens is 4. The van der Waals surface area contributed by atoms with Crippen LogP contribution in [0.25, 0.3) is 11.3 Å². The van der Waals surface area contributed by atoms with Gasteiger partial charge in [0.05, 0.1) is 36.5 Å². The van der Waals surface area contributed by atoms with Crippen LogP contribution in [0.15, 0.2) is 30.6 Å². The third-order valence-electron chi connectivity index (χ3n) is 5.53. The van der Waals surface area contributed by atoms with Crippen LogP contribution < -0.4 is 16.0 Å². The highest BCUT2D eigenvalue weighted by Crippen LogP contribution is 2.31. The lowest BCUT2D eigenvalue weighted by molar-refractivity contribution is 0.111. The fraction of sp³-hybridized carbons (Fsp3) is 0.364. The van der Waals surface area contributed by atoms with Crippen LogP contribution in [0, 0.1) is 13.8 Å². The highest BCUT2D eigenvalue weighted by atomic mass is 16.5. The summed E-state index contributed by atoms with van der Waals surface area (Å²) in [5, 5.41) is 3.22. The molecule has 0 bridgehead atoms. The van der Waals surface area contributed by atoms with Crippen LogP contribution in [0.5, 0.6) is 0 Å². The van der Waals surface area contributed by atoms with Gasteiger partial charge in [0.2, 0.25) is 5.95 Å². The standard InChI is InChI=1S/C22H27N7O2/c1-15-19(14-30)29(8-6-23)16(2)21(15)18-5-7-24-22(27-18)26-17-3-4-20(25-13-17)28-9-11-31-12-10-28/h3-5,7,13-14H,6,8-12,23H2,1-2H3,(H,24,26,27). The Morgan fingerprint density at radius 2 is 2.00 bits per heavy atom. The Hall–Kier alpha value is -3.30. The predicted molar refractivity (Wildman–Crippen MR) is 120 cm³/mol. The number of carbonyl (C=O) groups is 1. The molecule has 0 unspecified atom stereocenters. The van der Waals surface area contributed by atoms with Gasteiger partial charge in [-0.05, 0) is 37.6 Å². The first kappa shape index (κ1) is 21.0. The van der Waals surface area contributed by atoms with Crippen LogP contribution in [0.3, 0.4) is 0 Å². The van der Waals surface area contributed by atoms with Gasteiger partial charge >= 0.3 is 0 Å². The maximum Gasteiger partial charge on any atom is 0.227 e. The van der Waals surface area contributed by atoms with E-state index in [2.05, 4.69) is 25.2 Å². The molecule has 0 saturated carbocycles. The number of ether oxygens (including phenoxy) is 1. The predicted octanol–water partition coefficient (Wildman–Crippen LogP) is 2.31. The van der Waals surface area contributed by atoms with E-state index in [1.165, 1.54) is 0 Å². The molecule has 3 N–H and O–H groups in total. The lowest BCUT2D eigenvalue weighted by Crippen LogP contribution is -2.36. The molecular formula is C22H27N7O2. The van der Waals surface area contributed by atoms with Crippen molar-refractivity contribution >= 4 is 23.7 Å². The second kappa shape index (κ2) is 9.23. The van der Waals surface area contributed by atoms with Crippen LogP contribution in [0.4, 0.5) is 17.5 Å². The molecule has 0 amide bonds. The summed E-state index contributed by atoms with van der Waals surface area (Å²) in [4.78, 5) is 27.4. The van der Waals surface area contributed by atoms with Gasteiger partial charge in [-0.15, -0.1) is 0 Å². The Labute approximate surface area is 181 Å². The third kappa shape index (κ3) is 4.28. The minimum absolute atomic E-state index is 0.458. The molecule has 9 nitrogen and oxygen atoms in total. The summed E-state index contributed by atoms with van der Waals surface area (Å²) in [6, 6.07) is 5.79. The van der Waals surface area contributed by atoms with Crippen molar-refractivity contribution in [2.24, 2.45) is 5.73 Å². The first-order chi connectivity index (χ1) is 15.1. The molecule has 0 spiro atoms. The monoisotopic (exact) mass is 421 g/mol. The molecule has 4 heterocycles. The number of nitrogens with zero attached hydrogens (tertiary/aromatic N) is 5. The third-order valence-corrected chi connectivity index (χ3v) is 5.53. The first-order valence-electron chi connectivity index (χ1n) is 10.4. The highest BCUT2D eigenvalue weighted by Gasteiger charge is 2.19. The zero-order chi connectivity index (χ0) is 21.8. The number of hydrogen-bond acceptors (Lipinski definition) is 8. The number of anilines is 3. The van der Waals surface area contributed by atoms with Gasteiger partial charge in [-0.25, -0.2) is 15.0 Å². The summed E-state index contributed by atoms with van der Waals surface area (Å²) in [7, 11) is 0. The summed E-state index contributed by atoms with van der Waals surface area (Å²) < 4.78 is 7.34. The lowest BCUT2D eigenvalue weighted by Gasteiger charge is -2.27. The molecule has 9 heteroatoms. The average molecular weight is 422 g/mol. The van der Waals surface area contributed by atoms with Crippen molar-refractivity contribution < 1.29 is 9.53 Å². The molecule has 1 saturated heterocycles. The first-order valence-corrected chi connectivity index (χ1v) is 10.4. The quantitative estimate of drug-likeness (QED) is 0.559. The number of rotatable bonds is 7. The molecule has 0 aliphatic carbocycles. The molecule has 3 aromatic heterocycles. The fourth-order valence-electron chi connectivity index (χ4n) is 3.99. The molecule has 3 aromatic rings. The van der Waals surface area contributed by atoms with Gasteiger partial charge in [-0.1, -0.05) is 0 Å². The van der Waals surface area contributed by atoms with Crippen LogP contribution in [-0.2, 0) is 11.3 Å². The van der Waals surface area contributed by atoms with E-state index in [0.717, 1.165) is 66.6 Å². The Bertz CT molecular complexity index is 1060. The molecule has 0 radical (unpaired) electrons. The maximum absolute atomic E-state index is 11.6. The van der Waals surface area contributed by atoms with Crippen molar-refractivity contribution in [3.63, 3.8) is 0 Å². The van der Waals surface area contributed by atoms with Crippen molar-refractivity contribution in [1.29, 1.82) is 0 Å². The van der Waals surface area contributed by atoms with Crippen molar-refractivity contribution in [3.05, 3.63) is 47.5 Å². The zero-order valence-electron chi connectivity index (χ0n) is 17.8. The second-order valence-corrected chi connectivity index (χ2v) is 7.42. The van der Waals surface area contributed by atoms with E-state index < -0.39 is 0 Å². The van der Waals surface area contributed by atoms with E-state index in [1.54, 1.807) is 12.4 Å². The van der Waals surface area contributed by atoms with Crippen molar-refractivity contribution in [2.75, 3.05) is 43.1 Å². The number of morpholine rings is 1. The average Bonchev–Trinajstić information content (AvgIpc) is 3.04. The van der Waals surface area contributed by atoms with E-state index in [0.29, 0.717) is 24.7 Å². The van der Waals surface area contributed by atoms with Gasteiger partial charge in [-0.2, -0.15) is 0 Å². The number of aldehydes is 1. The molecule has 0 atom stereocenters. The van der Waals surface area contributed by atoms with E-state index in [9.17, 15) is 4.79 Å². The molecule has 31 heavy (non-hydrogen) atoms. The van der Waals surface area contributed by atoms with E-state index in [4.69, 9.17) is 10.5 Å². The summed E-state index contributed by atoms with van der Waals surface area (Å²) >= 11 is 0. The summed E-state index contributed by atoms with van der Waals surface area (Å²) in [5.41, 5.74) is 10.7. The zero-order valence-corrected chi connectivity index (χ0v) is 17.8. The Kier molecular flexibility index (Phi) is 6.24. The van der Waals surface area contributed by atoms with E-state index in [-0.39, 0.29) is 0 Å². The minimum atomic E-state index is 0.458. The number of nitrogens with two attached hydrogens (primary N) is 1. The fourth-order valence-corrected chi connectivity index (χ4v) is 3.99. The lowest BCUT2D eigenvalue weighted by atomic mass is 10.1. The molecule has 1 aliphatic rings. The number of hydrogen-bond donors (Lipinski definition) is 2. The minimum Gasteiger partial charge on any atom is -0.378 e. The van der Waals surface area contributed by atoms with Crippen molar-refractivity contribution in [2.45, 2.75) is 20.4 Å². The normalized spacial score (nSPS) is 14.0. The molecule has 1 aliphatic heterocycles. The Balaban J connectivity index is 1.57. The molecule has 4 rings (SSSR count). The van der Waals surface area contributed by atoms with Crippen LogP contribution in [0.2, 0.25) is 0 Å². The van der Waals surface area contributed by atoms with Gasteiger partial charge in [0, 0.05) is 43.6 Å².